The van der Waals surface area contributed by atoms with E-state index in [1.807, 2.05) is 0 Å². The van der Waals surface area contributed by atoms with Crippen molar-refractivity contribution in [1.82, 2.24) is 5.32 Å². The molecule has 1 N–H and O–H groups in total. The Morgan fingerprint density at radius 2 is 0.900 bits per heavy atom. The Balaban J connectivity index is 3.18. The fourth-order valence-electron chi connectivity index (χ4n) is 4.39. The highest BCUT2D eigenvalue weighted by Gasteiger charge is 2.08. The second-order valence-corrected chi connectivity index (χ2v) is 9.58. The summed E-state index contributed by atoms with van der Waals surface area (Å²) in [6.07, 6.45) is 30.6. The Morgan fingerprint density at radius 3 is 1.23 bits per heavy atom. The first-order valence-corrected chi connectivity index (χ1v) is 14.0. The van der Waals surface area contributed by atoms with Crippen LogP contribution in [0, 0.1) is 0 Å². The first kappa shape index (κ1) is 29.5. The minimum Gasteiger partial charge on any atom is -0.353 e. The van der Waals surface area contributed by atoms with Gasteiger partial charge in [0.15, 0.2) is 0 Å². The van der Waals surface area contributed by atoms with Gasteiger partial charge >= 0.3 is 0 Å². The lowest BCUT2D eigenvalue weighted by molar-refractivity contribution is -0.122. The summed E-state index contributed by atoms with van der Waals surface area (Å²) in [5.41, 5.74) is 0. The van der Waals surface area contributed by atoms with E-state index in [4.69, 9.17) is 0 Å². The molecular weight excluding hydrogens is 366 g/mol. The lowest BCUT2D eigenvalue weighted by Crippen LogP contribution is -2.33. The summed E-state index contributed by atoms with van der Waals surface area (Å²) in [7, 11) is 0. The van der Waals surface area contributed by atoms with Crippen molar-refractivity contribution in [3.05, 3.63) is 0 Å². The van der Waals surface area contributed by atoms with E-state index in [1.54, 1.807) is 0 Å². The summed E-state index contributed by atoms with van der Waals surface area (Å²) in [4.78, 5) is 12.0. The van der Waals surface area contributed by atoms with Crippen LogP contribution in [0.3, 0.4) is 0 Å². The fraction of sp³-hybridized carbons (Fsp3) is 0.964. The van der Waals surface area contributed by atoms with E-state index in [-0.39, 0.29) is 5.91 Å². The van der Waals surface area contributed by atoms with Gasteiger partial charge in [-0.3, -0.25) is 4.79 Å². The molecule has 2 nitrogen and oxygen atoms in total. The highest BCUT2D eigenvalue weighted by Crippen LogP contribution is 2.15. The zero-order valence-corrected chi connectivity index (χ0v) is 21.2. The molecule has 0 aromatic heterocycles. The van der Waals surface area contributed by atoms with Gasteiger partial charge in [0.25, 0.3) is 0 Å². The molecule has 0 spiro atoms. The molecule has 180 valence electrons. The summed E-state index contributed by atoms with van der Waals surface area (Å²) in [5, 5.41) is 3.19. The molecule has 1 atom stereocenters. The maximum atomic E-state index is 12.0. The van der Waals surface area contributed by atoms with Crippen LogP contribution in [0.2, 0.25) is 0 Å². The molecule has 0 radical (unpaired) electrons. The second kappa shape index (κ2) is 24.7. The van der Waals surface area contributed by atoms with Gasteiger partial charge < -0.3 is 5.32 Å². The molecule has 0 bridgehead atoms. The van der Waals surface area contributed by atoms with E-state index in [0.717, 1.165) is 32.1 Å². The molecule has 0 heterocycles. The van der Waals surface area contributed by atoms with Gasteiger partial charge in [-0.2, -0.15) is 0 Å². The van der Waals surface area contributed by atoms with E-state index in [0.29, 0.717) is 6.04 Å². The molecule has 0 saturated carbocycles. The van der Waals surface area contributed by atoms with Crippen molar-refractivity contribution in [1.29, 1.82) is 0 Å². The first-order valence-electron chi connectivity index (χ1n) is 14.0. The van der Waals surface area contributed by atoms with Crippen molar-refractivity contribution in [3.63, 3.8) is 0 Å². The van der Waals surface area contributed by atoms with Crippen LogP contribution in [0.5, 0.6) is 0 Å². The van der Waals surface area contributed by atoms with E-state index in [2.05, 4.69) is 26.1 Å². The molecular formula is C28H57NO. The van der Waals surface area contributed by atoms with Crippen molar-refractivity contribution in [2.45, 2.75) is 174 Å². The van der Waals surface area contributed by atoms with Gasteiger partial charge in [0, 0.05) is 12.5 Å². The predicted molar refractivity (Wildman–Crippen MR) is 135 cm³/mol. The van der Waals surface area contributed by atoms with Gasteiger partial charge in [-0.15, -0.1) is 0 Å². The van der Waals surface area contributed by atoms with Crippen LogP contribution in [0.1, 0.15) is 168 Å². The van der Waals surface area contributed by atoms with Crippen LogP contribution in [-0.2, 0) is 4.79 Å². The first-order chi connectivity index (χ1) is 14.7. The van der Waals surface area contributed by atoms with Crippen molar-refractivity contribution in [3.8, 4) is 0 Å². The van der Waals surface area contributed by atoms with Crippen molar-refractivity contribution in [2.24, 2.45) is 0 Å². The monoisotopic (exact) mass is 423 g/mol. The number of amides is 1. The number of nitrogens with one attached hydrogen (secondary N) is 1. The highest BCUT2D eigenvalue weighted by atomic mass is 16.1. The van der Waals surface area contributed by atoms with Crippen molar-refractivity contribution in [2.75, 3.05) is 0 Å². The molecule has 0 rings (SSSR count). The number of hydrogen-bond donors (Lipinski definition) is 1. The molecule has 1 unspecified atom stereocenters. The average Bonchev–Trinajstić information content (AvgIpc) is 2.75. The van der Waals surface area contributed by atoms with E-state index in [9.17, 15) is 4.79 Å². The molecule has 0 aromatic carbocycles. The molecule has 0 aliphatic carbocycles. The summed E-state index contributed by atoms with van der Waals surface area (Å²) in [6, 6.07) is 0.392. The maximum absolute atomic E-state index is 12.0. The van der Waals surface area contributed by atoms with E-state index >= 15 is 0 Å². The quantitative estimate of drug-likeness (QED) is 0.154. The Bertz CT molecular complexity index is 342. The van der Waals surface area contributed by atoms with Crippen LogP contribution < -0.4 is 5.32 Å². The smallest absolute Gasteiger partial charge is 0.220 e. The highest BCUT2D eigenvalue weighted by molar-refractivity contribution is 5.76. The molecule has 2 heteroatoms. The molecule has 0 aliphatic rings. The number of hydrogen-bond acceptors (Lipinski definition) is 1. The third-order valence-electron chi connectivity index (χ3n) is 6.50. The Hall–Kier alpha value is -0.530. The van der Waals surface area contributed by atoms with Gasteiger partial charge in [-0.1, -0.05) is 143 Å². The number of unbranched alkanes of at least 4 members (excludes halogenated alkanes) is 18. The summed E-state index contributed by atoms with van der Waals surface area (Å²) < 4.78 is 0. The van der Waals surface area contributed by atoms with Crippen LogP contribution in [0.25, 0.3) is 0 Å². The number of rotatable bonds is 24. The van der Waals surface area contributed by atoms with Crippen molar-refractivity contribution < 1.29 is 4.79 Å². The zero-order chi connectivity index (χ0) is 22.1. The standard InChI is InChI=1S/C28H57NO/c1-4-7-8-9-10-11-12-13-14-15-16-17-18-19-20-21-22-23-24-26-28(30)29-27(6-3)25-5-2/h27H,4-26H2,1-3H3,(H,29,30). The van der Waals surface area contributed by atoms with Crippen LogP contribution >= 0.6 is 0 Å². The normalized spacial score (nSPS) is 12.2. The third-order valence-corrected chi connectivity index (χ3v) is 6.50. The van der Waals surface area contributed by atoms with Gasteiger partial charge in [-0.05, 0) is 19.3 Å². The Morgan fingerprint density at radius 1 is 0.533 bits per heavy atom. The molecule has 0 saturated heterocycles. The zero-order valence-electron chi connectivity index (χ0n) is 21.2. The average molecular weight is 424 g/mol. The second-order valence-electron chi connectivity index (χ2n) is 9.58. The largest absolute Gasteiger partial charge is 0.353 e. The molecule has 1 amide bonds. The predicted octanol–water partition coefficient (Wildman–Crippen LogP) is 9.50. The van der Waals surface area contributed by atoms with Crippen molar-refractivity contribution >= 4 is 5.91 Å². The van der Waals surface area contributed by atoms with Gasteiger partial charge in [-0.25, -0.2) is 0 Å². The maximum Gasteiger partial charge on any atom is 0.220 e. The Kier molecular flexibility index (Phi) is 24.3. The lowest BCUT2D eigenvalue weighted by Gasteiger charge is -2.15. The van der Waals surface area contributed by atoms with E-state index < -0.39 is 0 Å². The molecule has 0 aromatic rings. The SMILES string of the molecule is CCCCCCCCCCCCCCCCCCCCCC(=O)NC(CC)CCC. The minimum absolute atomic E-state index is 0.266. The van der Waals surface area contributed by atoms with Crippen LogP contribution in [0.15, 0.2) is 0 Å². The van der Waals surface area contributed by atoms with E-state index in [1.165, 1.54) is 116 Å². The van der Waals surface area contributed by atoms with Crippen LogP contribution in [0.4, 0.5) is 0 Å². The number of carbonyl (C=O) groups excluding carboxylic acids is 1. The third kappa shape index (κ3) is 22.2. The molecule has 0 fully saturated rings. The van der Waals surface area contributed by atoms with Gasteiger partial charge in [0.1, 0.15) is 0 Å². The van der Waals surface area contributed by atoms with Crippen LogP contribution in [-0.4, -0.2) is 11.9 Å². The fourth-order valence-corrected chi connectivity index (χ4v) is 4.39. The molecule has 30 heavy (non-hydrogen) atoms. The molecule has 0 aliphatic heterocycles. The number of carbonyl (C=O) groups is 1. The van der Waals surface area contributed by atoms with Gasteiger partial charge in [0.2, 0.25) is 5.91 Å². The lowest BCUT2D eigenvalue weighted by atomic mass is 10.0. The summed E-state index contributed by atoms with van der Waals surface area (Å²) >= 11 is 0. The minimum atomic E-state index is 0.266. The summed E-state index contributed by atoms with van der Waals surface area (Å²) in [6.45, 7) is 6.64. The summed E-state index contributed by atoms with van der Waals surface area (Å²) in [5.74, 6) is 0.266. The Labute approximate surface area is 190 Å². The van der Waals surface area contributed by atoms with Gasteiger partial charge in [0.05, 0.1) is 0 Å². The topological polar surface area (TPSA) is 29.1 Å².